The lowest BCUT2D eigenvalue weighted by Crippen LogP contribution is -2.41. The number of nitrogens with two attached hydrogens (primary N) is 2. The van der Waals surface area contributed by atoms with Crippen LogP contribution >= 0.6 is 0 Å². The molecule has 2 rings (SSSR count). The number of aliphatic hydroxyl groups excluding tert-OH is 1. The number of primary amides is 1. The highest BCUT2D eigenvalue weighted by Crippen LogP contribution is 2.24. The van der Waals surface area contributed by atoms with Crippen LogP contribution in [0.1, 0.15) is 46.9 Å². The van der Waals surface area contributed by atoms with E-state index in [9.17, 15) is 14.7 Å². The van der Waals surface area contributed by atoms with Crippen molar-refractivity contribution in [3.8, 4) is 0 Å². The summed E-state index contributed by atoms with van der Waals surface area (Å²) in [5, 5.41) is 11.6. The van der Waals surface area contributed by atoms with Gasteiger partial charge in [0.05, 0.1) is 5.56 Å². The van der Waals surface area contributed by atoms with Gasteiger partial charge in [-0.25, -0.2) is 0 Å². The Hall–Kier alpha value is -2.24. The highest BCUT2D eigenvalue weighted by atomic mass is 16.3. The Balaban J connectivity index is 2.44. The highest BCUT2D eigenvalue weighted by molar-refractivity contribution is 6.16. The van der Waals surface area contributed by atoms with E-state index in [1.807, 2.05) is 19.1 Å². The van der Waals surface area contributed by atoms with Crippen molar-refractivity contribution in [1.82, 2.24) is 0 Å². The maximum Gasteiger partial charge on any atom is 0.250 e. The first-order valence-corrected chi connectivity index (χ1v) is 7.76. The van der Waals surface area contributed by atoms with Crippen LogP contribution in [0.3, 0.4) is 0 Å². The van der Waals surface area contributed by atoms with E-state index in [4.69, 9.17) is 11.5 Å². The van der Waals surface area contributed by atoms with Crippen molar-refractivity contribution in [2.75, 3.05) is 0 Å². The summed E-state index contributed by atoms with van der Waals surface area (Å²) < 4.78 is 0. The van der Waals surface area contributed by atoms with E-state index >= 15 is 0 Å². The van der Waals surface area contributed by atoms with Gasteiger partial charge in [-0.1, -0.05) is 50.1 Å². The molecule has 5 nitrogen and oxygen atoms in total. The average molecular weight is 314 g/mol. The Bertz CT molecular complexity index is 727. The first-order valence-electron chi connectivity index (χ1n) is 7.76. The molecule has 0 bridgehead atoms. The number of rotatable bonds is 7. The van der Waals surface area contributed by atoms with Gasteiger partial charge in [-0.2, -0.15) is 0 Å². The summed E-state index contributed by atoms with van der Waals surface area (Å²) in [5.74, 6) is -1.26. The third-order valence-corrected chi connectivity index (χ3v) is 4.01. The third-order valence-electron chi connectivity index (χ3n) is 4.01. The number of unbranched alkanes of at least 4 members (excludes halogenated alkanes) is 1. The van der Waals surface area contributed by atoms with Gasteiger partial charge in [-0.15, -0.1) is 0 Å². The minimum absolute atomic E-state index is 0.121. The van der Waals surface area contributed by atoms with E-state index < -0.39 is 23.8 Å². The molecule has 0 aliphatic rings. The van der Waals surface area contributed by atoms with E-state index in [0.717, 1.165) is 18.2 Å². The zero-order valence-electron chi connectivity index (χ0n) is 13.2. The van der Waals surface area contributed by atoms with E-state index in [-0.39, 0.29) is 11.1 Å². The second-order valence-electron chi connectivity index (χ2n) is 5.69. The SMILES string of the molecule is CCCC[C@@H](N)[C@H](O)C(=O)c1ccc2ccccc2c1C(N)=O. The fraction of sp³-hybridized carbons (Fsp3) is 0.333. The standard InChI is InChI=1S/C18H22N2O3/c1-2-3-8-14(19)17(22)16(21)13-10-9-11-6-4-5-7-12(11)15(13)18(20)23/h4-7,9-10,14,17,22H,2-3,8,19H2,1H3,(H2,20,23)/t14-,17+/m1/s1. The molecule has 5 heteroatoms. The molecule has 5 N–H and O–H groups in total. The highest BCUT2D eigenvalue weighted by Gasteiger charge is 2.27. The summed E-state index contributed by atoms with van der Waals surface area (Å²) in [4.78, 5) is 24.4. The molecule has 0 aliphatic heterocycles. The molecule has 2 aromatic rings. The van der Waals surface area contributed by atoms with Crippen molar-refractivity contribution >= 4 is 22.5 Å². The van der Waals surface area contributed by atoms with Crippen molar-refractivity contribution in [3.63, 3.8) is 0 Å². The average Bonchev–Trinajstić information content (AvgIpc) is 2.56. The first kappa shape index (κ1) is 17.1. The number of fused-ring (bicyclic) bond motifs is 1. The molecule has 0 saturated heterocycles. The molecule has 23 heavy (non-hydrogen) atoms. The molecular formula is C18H22N2O3. The van der Waals surface area contributed by atoms with Gasteiger partial charge in [0.1, 0.15) is 6.10 Å². The summed E-state index contributed by atoms with van der Waals surface area (Å²) in [6.07, 6.45) is 0.951. The van der Waals surface area contributed by atoms with Gasteiger partial charge in [0.15, 0.2) is 5.78 Å². The van der Waals surface area contributed by atoms with Crippen molar-refractivity contribution in [3.05, 3.63) is 47.5 Å². The number of carbonyl (C=O) groups is 2. The van der Waals surface area contributed by atoms with E-state index in [1.165, 1.54) is 6.07 Å². The van der Waals surface area contributed by atoms with Gasteiger partial charge in [0, 0.05) is 11.6 Å². The smallest absolute Gasteiger partial charge is 0.250 e. The van der Waals surface area contributed by atoms with E-state index in [0.29, 0.717) is 11.8 Å². The molecule has 0 saturated carbocycles. The molecule has 0 spiro atoms. The fourth-order valence-corrected chi connectivity index (χ4v) is 2.69. The number of benzene rings is 2. The van der Waals surface area contributed by atoms with E-state index in [2.05, 4.69) is 0 Å². The monoisotopic (exact) mass is 314 g/mol. The molecule has 0 aliphatic carbocycles. The molecule has 0 unspecified atom stereocenters. The Morgan fingerprint density at radius 2 is 1.87 bits per heavy atom. The van der Waals surface area contributed by atoms with Crippen LogP contribution < -0.4 is 11.5 Å². The van der Waals surface area contributed by atoms with Crippen LogP contribution in [-0.4, -0.2) is 28.9 Å². The summed E-state index contributed by atoms with van der Waals surface area (Å²) in [5.41, 5.74) is 11.6. The van der Waals surface area contributed by atoms with Gasteiger partial charge in [-0.05, 0) is 23.3 Å². The summed E-state index contributed by atoms with van der Waals surface area (Å²) in [7, 11) is 0. The maximum atomic E-state index is 12.6. The lowest BCUT2D eigenvalue weighted by Gasteiger charge is -2.19. The molecule has 2 atom stereocenters. The Labute approximate surface area is 135 Å². The number of carbonyl (C=O) groups excluding carboxylic acids is 2. The molecule has 0 heterocycles. The molecule has 122 valence electrons. The van der Waals surface area contributed by atoms with Gasteiger partial charge in [-0.3, -0.25) is 9.59 Å². The van der Waals surface area contributed by atoms with Gasteiger partial charge < -0.3 is 16.6 Å². The van der Waals surface area contributed by atoms with Crippen molar-refractivity contribution in [1.29, 1.82) is 0 Å². The van der Waals surface area contributed by atoms with Gasteiger partial charge >= 0.3 is 0 Å². The molecule has 1 amide bonds. The quantitative estimate of drug-likeness (QED) is 0.679. The Kier molecular flexibility index (Phi) is 5.47. The zero-order chi connectivity index (χ0) is 17.0. The molecule has 0 aromatic heterocycles. The molecule has 0 fully saturated rings. The lowest BCUT2D eigenvalue weighted by molar-refractivity contribution is 0.0681. The maximum absolute atomic E-state index is 12.6. The van der Waals surface area contributed by atoms with Gasteiger partial charge in [0.2, 0.25) is 5.91 Å². The Morgan fingerprint density at radius 1 is 1.17 bits per heavy atom. The van der Waals surface area contributed by atoms with Crippen LogP contribution in [0.25, 0.3) is 10.8 Å². The predicted molar refractivity (Wildman–Crippen MR) is 90.3 cm³/mol. The number of aliphatic hydroxyl groups is 1. The normalized spacial score (nSPS) is 13.7. The zero-order valence-corrected chi connectivity index (χ0v) is 13.2. The van der Waals surface area contributed by atoms with Crippen LogP contribution in [0.5, 0.6) is 0 Å². The Morgan fingerprint density at radius 3 is 2.52 bits per heavy atom. The summed E-state index contributed by atoms with van der Waals surface area (Å²) in [6.45, 7) is 2.01. The molecule has 2 aromatic carbocycles. The number of hydrogen-bond donors (Lipinski definition) is 3. The summed E-state index contributed by atoms with van der Waals surface area (Å²) >= 11 is 0. The largest absolute Gasteiger partial charge is 0.383 e. The number of Topliss-reactive ketones (excluding diaryl/α,β-unsaturated/α-hetero) is 1. The number of amides is 1. The minimum Gasteiger partial charge on any atom is -0.383 e. The van der Waals surface area contributed by atoms with E-state index in [1.54, 1.807) is 18.2 Å². The second-order valence-corrected chi connectivity index (χ2v) is 5.69. The van der Waals surface area contributed by atoms with Crippen molar-refractivity contribution in [2.45, 2.75) is 38.3 Å². The van der Waals surface area contributed by atoms with Crippen LogP contribution in [-0.2, 0) is 0 Å². The lowest BCUT2D eigenvalue weighted by atomic mass is 9.91. The number of ketones is 1. The summed E-state index contributed by atoms with van der Waals surface area (Å²) in [6, 6.07) is 9.78. The number of hydrogen-bond acceptors (Lipinski definition) is 4. The van der Waals surface area contributed by atoms with Crippen LogP contribution in [0, 0.1) is 0 Å². The second kappa shape index (κ2) is 7.35. The van der Waals surface area contributed by atoms with Crippen molar-refractivity contribution in [2.24, 2.45) is 11.5 Å². The first-order chi connectivity index (χ1) is 11.0. The fourth-order valence-electron chi connectivity index (χ4n) is 2.69. The van der Waals surface area contributed by atoms with Crippen LogP contribution in [0.15, 0.2) is 36.4 Å². The molecule has 0 radical (unpaired) electrons. The van der Waals surface area contributed by atoms with Crippen molar-refractivity contribution < 1.29 is 14.7 Å². The topological polar surface area (TPSA) is 106 Å². The van der Waals surface area contributed by atoms with Crippen LogP contribution in [0.2, 0.25) is 0 Å². The predicted octanol–water partition coefficient (Wildman–Crippen LogP) is 2.00. The molecular weight excluding hydrogens is 292 g/mol. The minimum atomic E-state index is -1.35. The van der Waals surface area contributed by atoms with Crippen LogP contribution in [0.4, 0.5) is 0 Å². The third kappa shape index (κ3) is 3.57. The van der Waals surface area contributed by atoms with Gasteiger partial charge in [0.25, 0.3) is 0 Å².